The fourth-order valence-corrected chi connectivity index (χ4v) is 3.21. The maximum absolute atomic E-state index is 12.8. The molecule has 0 aliphatic carbocycles. The van der Waals surface area contributed by atoms with E-state index in [1.54, 1.807) is 12.3 Å². The van der Waals surface area contributed by atoms with Crippen molar-refractivity contribution >= 4 is 17.5 Å². The van der Waals surface area contributed by atoms with Gasteiger partial charge in [0.25, 0.3) is 5.91 Å². The highest BCUT2D eigenvalue weighted by Crippen LogP contribution is 2.22. The number of hydrogen-bond donors (Lipinski definition) is 1. The highest BCUT2D eigenvalue weighted by molar-refractivity contribution is 5.92. The van der Waals surface area contributed by atoms with Crippen LogP contribution in [0.1, 0.15) is 48.7 Å². The van der Waals surface area contributed by atoms with Crippen LogP contribution in [0.4, 0.5) is 11.6 Å². The molecule has 1 N–H and O–H groups in total. The van der Waals surface area contributed by atoms with Gasteiger partial charge in [-0.1, -0.05) is 25.1 Å². The summed E-state index contributed by atoms with van der Waals surface area (Å²) in [5.74, 6) is 0.469. The average Bonchev–Trinajstić information content (AvgIpc) is 2.63. The fraction of sp³-hybridized carbons (Fsp3) is 0.421. The van der Waals surface area contributed by atoms with Crippen LogP contribution >= 0.6 is 0 Å². The summed E-state index contributed by atoms with van der Waals surface area (Å²) in [4.78, 5) is 23.5. The van der Waals surface area contributed by atoms with Gasteiger partial charge in [-0.05, 0) is 50.3 Å². The maximum Gasteiger partial charge on any atom is 0.272 e. The zero-order valence-electron chi connectivity index (χ0n) is 14.3. The Morgan fingerprint density at radius 1 is 1.29 bits per heavy atom. The Morgan fingerprint density at radius 3 is 2.92 bits per heavy atom. The van der Waals surface area contributed by atoms with Crippen LogP contribution in [-0.2, 0) is 0 Å². The van der Waals surface area contributed by atoms with Gasteiger partial charge in [0.1, 0.15) is 5.69 Å². The number of anilines is 2. The van der Waals surface area contributed by atoms with Crippen molar-refractivity contribution in [3.8, 4) is 0 Å². The number of carbonyl (C=O) groups is 1. The van der Waals surface area contributed by atoms with Crippen molar-refractivity contribution in [2.24, 2.45) is 0 Å². The molecule has 1 amide bonds. The van der Waals surface area contributed by atoms with Crippen molar-refractivity contribution in [3.63, 3.8) is 0 Å². The molecule has 5 nitrogen and oxygen atoms in total. The first-order chi connectivity index (χ1) is 11.7. The summed E-state index contributed by atoms with van der Waals surface area (Å²) in [5, 5.41) is 3.20. The van der Waals surface area contributed by atoms with Gasteiger partial charge < -0.3 is 10.2 Å². The third-order valence-corrected chi connectivity index (χ3v) is 4.63. The Bertz CT molecular complexity index is 716. The van der Waals surface area contributed by atoms with E-state index in [9.17, 15) is 4.79 Å². The number of piperidine rings is 1. The predicted molar refractivity (Wildman–Crippen MR) is 95.5 cm³/mol. The molecule has 0 saturated carbocycles. The summed E-state index contributed by atoms with van der Waals surface area (Å²) in [6.07, 6.45) is 5.99. The van der Waals surface area contributed by atoms with Gasteiger partial charge in [-0.15, -0.1) is 0 Å². The molecule has 5 heteroatoms. The predicted octanol–water partition coefficient (Wildman–Crippen LogP) is 3.93. The van der Waals surface area contributed by atoms with Gasteiger partial charge in [0, 0.05) is 24.5 Å². The zero-order valence-corrected chi connectivity index (χ0v) is 14.3. The lowest BCUT2D eigenvalue weighted by atomic mass is 9.99. The number of nitrogens with zero attached hydrogens (tertiary/aromatic N) is 3. The van der Waals surface area contributed by atoms with E-state index in [-0.39, 0.29) is 5.91 Å². The summed E-state index contributed by atoms with van der Waals surface area (Å²) in [7, 11) is 0. The average molecular weight is 324 g/mol. The van der Waals surface area contributed by atoms with E-state index in [1.165, 1.54) is 6.42 Å². The minimum Gasteiger partial charge on any atom is -0.334 e. The topological polar surface area (TPSA) is 58.1 Å². The molecule has 126 valence electrons. The molecule has 1 atom stereocenters. The van der Waals surface area contributed by atoms with Gasteiger partial charge in [0.05, 0.1) is 0 Å². The van der Waals surface area contributed by atoms with Crippen LogP contribution in [0, 0.1) is 6.92 Å². The van der Waals surface area contributed by atoms with E-state index in [0.29, 0.717) is 17.7 Å². The molecular formula is C19H24N4O. The highest BCUT2D eigenvalue weighted by Gasteiger charge is 2.27. The number of nitrogens with one attached hydrogen (secondary N) is 1. The Balaban J connectivity index is 1.79. The van der Waals surface area contributed by atoms with Gasteiger partial charge in [-0.3, -0.25) is 4.79 Å². The second kappa shape index (κ2) is 7.43. The van der Waals surface area contributed by atoms with E-state index in [4.69, 9.17) is 0 Å². The van der Waals surface area contributed by atoms with Crippen LogP contribution in [0.2, 0.25) is 0 Å². The first-order valence-electron chi connectivity index (χ1n) is 8.65. The fourth-order valence-electron chi connectivity index (χ4n) is 3.21. The number of para-hydroxylation sites is 1. The molecule has 1 unspecified atom stereocenters. The molecule has 2 aromatic rings. The molecule has 1 fully saturated rings. The van der Waals surface area contributed by atoms with Gasteiger partial charge in [0.15, 0.2) is 0 Å². The number of carbonyl (C=O) groups excluding carboxylic acids is 1. The second-order valence-electron chi connectivity index (χ2n) is 6.26. The summed E-state index contributed by atoms with van der Waals surface area (Å²) in [6.45, 7) is 4.99. The Labute approximate surface area is 143 Å². The van der Waals surface area contributed by atoms with E-state index in [1.807, 2.05) is 36.1 Å². The van der Waals surface area contributed by atoms with Crippen LogP contribution in [0.3, 0.4) is 0 Å². The molecular weight excluding hydrogens is 300 g/mol. The smallest absolute Gasteiger partial charge is 0.272 e. The Hall–Kier alpha value is -2.43. The van der Waals surface area contributed by atoms with Gasteiger partial charge in [-0.25, -0.2) is 9.97 Å². The molecule has 24 heavy (non-hydrogen) atoms. The number of aromatic nitrogens is 2. The number of hydrogen-bond acceptors (Lipinski definition) is 4. The van der Waals surface area contributed by atoms with Crippen molar-refractivity contribution in [2.45, 2.75) is 45.6 Å². The second-order valence-corrected chi connectivity index (χ2v) is 6.26. The largest absolute Gasteiger partial charge is 0.334 e. The van der Waals surface area contributed by atoms with Crippen LogP contribution in [0.25, 0.3) is 0 Å². The lowest BCUT2D eigenvalue weighted by Gasteiger charge is -2.35. The lowest BCUT2D eigenvalue weighted by Crippen LogP contribution is -2.43. The van der Waals surface area contributed by atoms with Crippen LogP contribution in [-0.4, -0.2) is 33.4 Å². The molecule has 3 rings (SSSR count). The molecule has 2 heterocycles. The van der Waals surface area contributed by atoms with Crippen molar-refractivity contribution < 1.29 is 4.79 Å². The van der Waals surface area contributed by atoms with E-state index < -0.39 is 0 Å². The number of likely N-dealkylation sites (tertiary alicyclic amines) is 1. The summed E-state index contributed by atoms with van der Waals surface area (Å²) < 4.78 is 0. The normalized spacial score (nSPS) is 17.6. The third-order valence-electron chi connectivity index (χ3n) is 4.63. The van der Waals surface area contributed by atoms with Crippen molar-refractivity contribution in [1.29, 1.82) is 0 Å². The number of benzene rings is 1. The number of rotatable bonds is 4. The monoisotopic (exact) mass is 324 g/mol. The molecule has 1 aromatic carbocycles. The van der Waals surface area contributed by atoms with E-state index in [0.717, 1.165) is 37.1 Å². The molecule has 1 aliphatic rings. The zero-order chi connectivity index (χ0) is 16.9. The quantitative estimate of drug-likeness (QED) is 0.925. The summed E-state index contributed by atoms with van der Waals surface area (Å²) in [6, 6.07) is 9.98. The van der Waals surface area contributed by atoms with Crippen molar-refractivity contribution in [2.75, 3.05) is 11.9 Å². The molecule has 0 bridgehead atoms. The van der Waals surface area contributed by atoms with Crippen LogP contribution < -0.4 is 5.32 Å². The molecule has 0 radical (unpaired) electrons. The first-order valence-corrected chi connectivity index (χ1v) is 8.65. The van der Waals surface area contributed by atoms with E-state index >= 15 is 0 Å². The highest BCUT2D eigenvalue weighted by atomic mass is 16.2. The summed E-state index contributed by atoms with van der Waals surface area (Å²) >= 11 is 0. The Kier molecular flexibility index (Phi) is 5.08. The van der Waals surface area contributed by atoms with Gasteiger partial charge in [-0.2, -0.15) is 0 Å². The standard InChI is InChI=1S/C19H24N4O/c1-3-15-9-6-7-13-23(15)18(24)17-11-12-20-19(22-17)21-16-10-5-4-8-14(16)2/h4-5,8,10-12,15H,3,6-7,9,13H2,1-2H3,(H,20,21,22). The molecule has 0 spiro atoms. The van der Waals surface area contributed by atoms with E-state index in [2.05, 4.69) is 22.2 Å². The maximum atomic E-state index is 12.8. The first kappa shape index (κ1) is 16.4. The molecule has 1 saturated heterocycles. The Morgan fingerprint density at radius 2 is 2.12 bits per heavy atom. The molecule has 1 aliphatic heterocycles. The summed E-state index contributed by atoms with van der Waals surface area (Å²) in [5.41, 5.74) is 2.52. The SMILES string of the molecule is CCC1CCCCN1C(=O)c1ccnc(Nc2ccccc2C)n1. The van der Waals surface area contributed by atoms with Crippen molar-refractivity contribution in [1.82, 2.24) is 14.9 Å². The lowest BCUT2D eigenvalue weighted by molar-refractivity contribution is 0.0602. The van der Waals surface area contributed by atoms with Crippen LogP contribution in [0.5, 0.6) is 0 Å². The number of amides is 1. The molecule has 1 aromatic heterocycles. The van der Waals surface area contributed by atoms with Crippen molar-refractivity contribution in [3.05, 3.63) is 47.8 Å². The van der Waals surface area contributed by atoms with Gasteiger partial charge in [0.2, 0.25) is 5.95 Å². The van der Waals surface area contributed by atoms with Crippen LogP contribution in [0.15, 0.2) is 36.5 Å². The van der Waals surface area contributed by atoms with Gasteiger partial charge >= 0.3 is 0 Å². The minimum absolute atomic E-state index is 0.0109. The number of aryl methyl sites for hydroxylation is 1. The third kappa shape index (κ3) is 3.55. The minimum atomic E-state index is 0.0109.